The van der Waals surface area contributed by atoms with Crippen LogP contribution < -0.4 is 5.73 Å². The second-order valence-corrected chi connectivity index (χ2v) is 3.35. The number of primary amides is 1. The highest BCUT2D eigenvalue weighted by Crippen LogP contribution is 2.27. The maximum absolute atomic E-state index is 11.0. The molecule has 0 atom stereocenters. The van der Waals surface area contributed by atoms with Crippen molar-refractivity contribution in [2.45, 2.75) is 0 Å². The van der Waals surface area contributed by atoms with Gasteiger partial charge >= 0.3 is 0 Å². The smallest absolute Gasteiger partial charge is 0.268 e. The second-order valence-electron chi connectivity index (χ2n) is 2.97. The van der Waals surface area contributed by atoms with Crippen molar-refractivity contribution in [3.8, 4) is 11.3 Å². The summed E-state index contributed by atoms with van der Waals surface area (Å²) in [7, 11) is 0. The summed E-state index contributed by atoms with van der Waals surface area (Å²) in [5.41, 5.74) is 6.76. The molecule has 0 aliphatic carbocycles. The first-order valence-corrected chi connectivity index (χ1v) is 4.66. The number of hydrogen-bond acceptors (Lipinski definition) is 2. The highest BCUT2D eigenvalue weighted by Gasteiger charge is 2.13. The molecule has 2 heterocycles. The zero-order chi connectivity index (χ0) is 10.8. The summed E-state index contributed by atoms with van der Waals surface area (Å²) in [6.45, 7) is 0. The standard InChI is InChI=1S/C10H8ClN3O/c11-8-6(7-2-1-4-13-7)3-5-14-9(8)10(12)15/h1-5,13H,(H2,12,15). The molecule has 0 saturated carbocycles. The number of nitrogens with one attached hydrogen (secondary N) is 1. The summed E-state index contributed by atoms with van der Waals surface area (Å²) in [5, 5.41) is 0.271. The molecule has 0 spiro atoms. The normalized spacial score (nSPS) is 10.2. The molecule has 0 aliphatic rings. The Bertz CT molecular complexity index is 493. The maximum Gasteiger partial charge on any atom is 0.268 e. The number of carbonyl (C=O) groups excluding carboxylic acids is 1. The number of hydrogen-bond donors (Lipinski definition) is 2. The van der Waals surface area contributed by atoms with Crippen molar-refractivity contribution >= 4 is 17.5 Å². The molecule has 0 aromatic carbocycles. The first kappa shape index (κ1) is 9.73. The van der Waals surface area contributed by atoms with Crippen molar-refractivity contribution in [2.75, 3.05) is 0 Å². The van der Waals surface area contributed by atoms with Crippen molar-refractivity contribution in [3.63, 3.8) is 0 Å². The molecule has 4 nitrogen and oxygen atoms in total. The Morgan fingerprint density at radius 3 is 2.87 bits per heavy atom. The Morgan fingerprint density at radius 1 is 1.47 bits per heavy atom. The van der Waals surface area contributed by atoms with Gasteiger partial charge in [-0.15, -0.1) is 0 Å². The van der Waals surface area contributed by atoms with Gasteiger partial charge < -0.3 is 10.7 Å². The lowest BCUT2D eigenvalue weighted by molar-refractivity contribution is 0.0996. The average molecular weight is 222 g/mol. The van der Waals surface area contributed by atoms with Gasteiger partial charge in [0.2, 0.25) is 0 Å². The van der Waals surface area contributed by atoms with Crippen LogP contribution in [-0.2, 0) is 0 Å². The summed E-state index contributed by atoms with van der Waals surface area (Å²) >= 11 is 6.01. The number of carbonyl (C=O) groups is 1. The minimum Gasteiger partial charge on any atom is -0.364 e. The van der Waals surface area contributed by atoms with Crippen LogP contribution in [0.1, 0.15) is 10.5 Å². The van der Waals surface area contributed by atoms with E-state index in [1.54, 1.807) is 12.3 Å². The Kier molecular flexibility index (Phi) is 2.43. The number of H-pyrrole nitrogens is 1. The van der Waals surface area contributed by atoms with E-state index in [0.29, 0.717) is 5.56 Å². The molecule has 0 unspecified atom stereocenters. The molecule has 1 amide bonds. The zero-order valence-corrected chi connectivity index (χ0v) is 8.45. The molecular weight excluding hydrogens is 214 g/mol. The third kappa shape index (κ3) is 1.71. The topological polar surface area (TPSA) is 71.8 Å². The molecule has 15 heavy (non-hydrogen) atoms. The van der Waals surface area contributed by atoms with Gasteiger partial charge in [0.25, 0.3) is 5.91 Å². The van der Waals surface area contributed by atoms with Crippen LogP contribution in [0.5, 0.6) is 0 Å². The van der Waals surface area contributed by atoms with Crippen molar-refractivity contribution < 1.29 is 4.79 Å². The fourth-order valence-electron chi connectivity index (χ4n) is 1.32. The average Bonchev–Trinajstić information content (AvgIpc) is 2.70. The maximum atomic E-state index is 11.0. The summed E-state index contributed by atoms with van der Waals surface area (Å²) in [6, 6.07) is 5.42. The van der Waals surface area contributed by atoms with Gasteiger partial charge in [-0.1, -0.05) is 11.6 Å². The Morgan fingerprint density at radius 2 is 2.27 bits per heavy atom. The van der Waals surface area contributed by atoms with Crippen LogP contribution >= 0.6 is 11.6 Å². The van der Waals surface area contributed by atoms with Crippen molar-refractivity contribution in [3.05, 3.63) is 41.3 Å². The van der Waals surface area contributed by atoms with Gasteiger partial charge in [-0.3, -0.25) is 4.79 Å². The van der Waals surface area contributed by atoms with Gasteiger partial charge in [0.15, 0.2) is 0 Å². The lowest BCUT2D eigenvalue weighted by Crippen LogP contribution is -2.13. The van der Waals surface area contributed by atoms with Crippen LogP contribution in [0, 0.1) is 0 Å². The van der Waals surface area contributed by atoms with E-state index in [1.807, 2.05) is 12.1 Å². The highest BCUT2D eigenvalue weighted by molar-refractivity contribution is 6.36. The summed E-state index contributed by atoms with van der Waals surface area (Å²) in [5.74, 6) is -0.631. The number of aromatic nitrogens is 2. The number of nitrogens with zero attached hydrogens (tertiary/aromatic N) is 1. The SMILES string of the molecule is NC(=O)c1nccc(-c2ccc[nH]2)c1Cl. The van der Waals surface area contributed by atoms with Gasteiger partial charge in [-0.2, -0.15) is 0 Å². The number of rotatable bonds is 2. The molecule has 2 rings (SSSR count). The minimum absolute atomic E-state index is 0.0868. The number of halogens is 1. The van der Waals surface area contributed by atoms with E-state index in [2.05, 4.69) is 9.97 Å². The van der Waals surface area contributed by atoms with Crippen molar-refractivity contribution in [1.29, 1.82) is 0 Å². The Hall–Kier alpha value is -1.81. The second kappa shape index (κ2) is 3.74. The van der Waals surface area contributed by atoms with Crippen LogP contribution in [0.2, 0.25) is 5.02 Å². The molecule has 0 aliphatic heterocycles. The van der Waals surface area contributed by atoms with Gasteiger partial charge in [0.1, 0.15) is 5.69 Å². The van der Waals surface area contributed by atoms with Crippen LogP contribution in [-0.4, -0.2) is 15.9 Å². The largest absolute Gasteiger partial charge is 0.364 e. The van der Waals surface area contributed by atoms with Crippen LogP contribution in [0.15, 0.2) is 30.6 Å². The molecule has 2 aromatic rings. The van der Waals surface area contributed by atoms with Crippen LogP contribution in [0.3, 0.4) is 0 Å². The first-order valence-electron chi connectivity index (χ1n) is 4.28. The Labute approximate surface area is 91.1 Å². The van der Waals surface area contributed by atoms with Crippen LogP contribution in [0.25, 0.3) is 11.3 Å². The minimum atomic E-state index is -0.631. The molecule has 0 fully saturated rings. The van der Waals surface area contributed by atoms with E-state index in [9.17, 15) is 4.79 Å². The summed E-state index contributed by atoms with van der Waals surface area (Å²) in [4.78, 5) is 17.8. The fourth-order valence-corrected chi connectivity index (χ4v) is 1.63. The van der Waals surface area contributed by atoms with Crippen LogP contribution in [0.4, 0.5) is 0 Å². The molecule has 76 valence electrons. The predicted octanol–water partition coefficient (Wildman–Crippen LogP) is 1.83. The summed E-state index contributed by atoms with van der Waals surface area (Å²) < 4.78 is 0. The fraction of sp³-hybridized carbons (Fsp3) is 0. The molecule has 5 heteroatoms. The predicted molar refractivity (Wildman–Crippen MR) is 57.6 cm³/mol. The molecule has 0 saturated heterocycles. The lowest BCUT2D eigenvalue weighted by Gasteiger charge is -2.04. The van der Waals surface area contributed by atoms with E-state index >= 15 is 0 Å². The van der Waals surface area contributed by atoms with E-state index < -0.39 is 5.91 Å². The molecule has 3 N–H and O–H groups in total. The molecule has 0 radical (unpaired) electrons. The van der Waals surface area contributed by atoms with Gasteiger partial charge in [-0.05, 0) is 18.2 Å². The van der Waals surface area contributed by atoms with Gasteiger partial charge in [0, 0.05) is 23.7 Å². The number of amides is 1. The number of pyridine rings is 1. The third-order valence-corrected chi connectivity index (χ3v) is 2.39. The highest BCUT2D eigenvalue weighted by atomic mass is 35.5. The molecular formula is C10H8ClN3O. The van der Waals surface area contributed by atoms with E-state index in [0.717, 1.165) is 5.69 Å². The van der Waals surface area contributed by atoms with Gasteiger partial charge in [-0.25, -0.2) is 4.98 Å². The van der Waals surface area contributed by atoms with E-state index in [4.69, 9.17) is 17.3 Å². The van der Waals surface area contributed by atoms with Crippen molar-refractivity contribution in [2.24, 2.45) is 5.73 Å². The van der Waals surface area contributed by atoms with Gasteiger partial charge in [0.05, 0.1) is 5.02 Å². The van der Waals surface area contributed by atoms with E-state index in [-0.39, 0.29) is 10.7 Å². The Balaban J connectivity index is 2.59. The quantitative estimate of drug-likeness (QED) is 0.812. The first-order chi connectivity index (χ1) is 7.20. The molecule has 0 bridgehead atoms. The number of nitrogens with two attached hydrogens (primary N) is 1. The van der Waals surface area contributed by atoms with Crippen molar-refractivity contribution in [1.82, 2.24) is 9.97 Å². The lowest BCUT2D eigenvalue weighted by atomic mass is 10.1. The zero-order valence-electron chi connectivity index (χ0n) is 7.70. The van der Waals surface area contributed by atoms with E-state index in [1.165, 1.54) is 6.20 Å². The summed E-state index contributed by atoms with van der Waals surface area (Å²) in [6.07, 6.45) is 3.28. The molecule has 2 aromatic heterocycles. The number of aromatic amines is 1. The third-order valence-electron chi connectivity index (χ3n) is 2.01. The monoisotopic (exact) mass is 221 g/mol.